The van der Waals surface area contributed by atoms with E-state index in [4.69, 9.17) is 0 Å². The van der Waals surface area contributed by atoms with Crippen LogP contribution < -0.4 is 0 Å². The number of hydrogen-bond donors (Lipinski definition) is 1. The average molecular weight is 305 g/mol. The highest BCUT2D eigenvalue weighted by Crippen LogP contribution is 2.70. The van der Waals surface area contributed by atoms with E-state index in [0.717, 1.165) is 36.5 Å². The normalized spacial score (nSPS) is 56.9. The molecule has 0 bridgehead atoms. The van der Waals surface area contributed by atoms with Gasteiger partial charge in [0.1, 0.15) is 0 Å². The van der Waals surface area contributed by atoms with Crippen molar-refractivity contribution in [2.75, 3.05) is 0 Å². The first-order valence-corrected chi connectivity index (χ1v) is 9.96. The molecule has 0 amide bonds. The molecule has 4 aliphatic rings. The fourth-order valence-electron chi connectivity index (χ4n) is 7.73. The molecule has 126 valence electrons. The Bertz CT molecular complexity index is 455. The van der Waals surface area contributed by atoms with Crippen LogP contribution in [0.1, 0.15) is 85.5 Å². The van der Waals surface area contributed by atoms with Gasteiger partial charge in [0.25, 0.3) is 0 Å². The minimum atomic E-state index is -0.00565. The van der Waals surface area contributed by atoms with Crippen LogP contribution in [0.3, 0.4) is 0 Å². The van der Waals surface area contributed by atoms with Crippen molar-refractivity contribution in [2.24, 2.45) is 39.9 Å². The predicted octanol–water partition coefficient (Wildman–Crippen LogP) is 5.42. The molecule has 0 aromatic carbocycles. The van der Waals surface area contributed by atoms with Crippen molar-refractivity contribution in [3.63, 3.8) is 0 Å². The molecule has 22 heavy (non-hydrogen) atoms. The van der Waals surface area contributed by atoms with Crippen LogP contribution in [-0.4, -0.2) is 11.2 Å². The second-order valence-corrected chi connectivity index (χ2v) is 10.5. The first-order chi connectivity index (χ1) is 10.3. The molecule has 1 N–H and O–H groups in total. The lowest BCUT2D eigenvalue weighted by molar-refractivity contribution is -0.134. The Morgan fingerprint density at radius 1 is 0.773 bits per heavy atom. The van der Waals surface area contributed by atoms with Crippen LogP contribution in [0.2, 0.25) is 0 Å². The van der Waals surface area contributed by atoms with Crippen LogP contribution in [0.5, 0.6) is 0 Å². The van der Waals surface area contributed by atoms with Gasteiger partial charge in [-0.05, 0) is 97.7 Å². The van der Waals surface area contributed by atoms with Crippen molar-refractivity contribution in [1.82, 2.24) is 0 Å². The molecule has 4 rings (SSSR count). The van der Waals surface area contributed by atoms with Crippen LogP contribution in [0, 0.1) is 39.9 Å². The lowest BCUT2D eigenvalue weighted by atomic mass is 9.43. The molecule has 0 aromatic rings. The van der Waals surface area contributed by atoms with Crippen LogP contribution in [0.25, 0.3) is 0 Å². The van der Waals surface area contributed by atoms with E-state index >= 15 is 0 Å². The molecule has 4 fully saturated rings. The summed E-state index contributed by atoms with van der Waals surface area (Å²) in [6.07, 6.45) is 12.1. The molecule has 0 aliphatic heterocycles. The Morgan fingerprint density at radius 2 is 1.50 bits per heavy atom. The number of rotatable bonds is 0. The van der Waals surface area contributed by atoms with Crippen LogP contribution in [0.4, 0.5) is 0 Å². The van der Waals surface area contributed by atoms with Gasteiger partial charge in [0.05, 0.1) is 6.10 Å². The molecule has 4 aliphatic carbocycles. The quantitative estimate of drug-likeness (QED) is 0.634. The topological polar surface area (TPSA) is 20.2 Å². The third-order valence-corrected chi connectivity index (χ3v) is 9.65. The van der Waals surface area contributed by atoms with E-state index < -0.39 is 0 Å². The van der Waals surface area contributed by atoms with Gasteiger partial charge in [-0.25, -0.2) is 0 Å². The Morgan fingerprint density at radius 3 is 2.27 bits per heavy atom. The van der Waals surface area contributed by atoms with Crippen molar-refractivity contribution in [3.05, 3.63) is 0 Å². The van der Waals surface area contributed by atoms with E-state index in [1.807, 2.05) is 0 Å². The first-order valence-electron chi connectivity index (χ1n) is 9.96. The molecule has 7 atom stereocenters. The maximum absolute atomic E-state index is 10.1. The van der Waals surface area contributed by atoms with Gasteiger partial charge in [-0.2, -0.15) is 0 Å². The predicted molar refractivity (Wildman–Crippen MR) is 91.5 cm³/mol. The maximum Gasteiger partial charge on any atom is 0.0543 e. The van der Waals surface area contributed by atoms with Gasteiger partial charge in [0.2, 0.25) is 0 Å². The van der Waals surface area contributed by atoms with Crippen LogP contribution in [-0.2, 0) is 0 Å². The van der Waals surface area contributed by atoms with Crippen LogP contribution in [0.15, 0.2) is 0 Å². The van der Waals surface area contributed by atoms with E-state index in [1.165, 1.54) is 44.9 Å². The Labute approximate surface area is 137 Å². The van der Waals surface area contributed by atoms with E-state index in [1.54, 1.807) is 0 Å². The maximum atomic E-state index is 10.1. The minimum Gasteiger partial charge on any atom is -0.393 e. The van der Waals surface area contributed by atoms with Gasteiger partial charge in [0.15, 0.2) is 0 Å². The zero-order valence-electron chi connectivity index (χ0n) is 15.2. The summed E-state index contributed by atoms with van der Waals surface area (Å²) >= 11 is 0. The van der Waals surface area contributed by atoms with E-state index in [-0.39, 0.29) is 6.10 Å². The SMILES string of the molecule is CC1(C)CC[C@H]2[C@@H]3CC[C@H]4C[C@@H](O)CC[C@]4(C)[C@H]3CC[C@@]21C. The summed E-state index contributed by atoms with van der Waals surface area (Å²) in [7, 11) is 0. The monoisotopic (exact) mass is 304 g/mol. The largest absolute Gasteiger partial charge is 0.393 e. The third kappa shape index (κ3) is 1.87. The Hall–Kier alpha value is -0.0400. The summed E-state index contributed by atoms with van der Waals surface area (Å²) in [4.78, 5) is 0. The highest BCUT2D eigenvalue weighted by atomic mass is 16.3. The second kappa shape index (κ2) is 4.74. The van der Waals surface area contributed by atoms with Gasteiger partial charge in [-0.3, -0.25) is 0 Å². The third-order valence-electron chi connectivity index (χ3n) is 9.65. The molecule has 0 heterocycles. The van der Waals surface area contributed by atoms with Gasteiger partial charge in [0, 0.05) is 0 Å². The average Bonchev–Trinajstić information content (AvgIpc) is 2.70. The fourth-order valence-corrected chi connectivity index (χ4v) is 7.73. The van der Waals surface area contributed by atoms with E-state index in [0.29, 0.717) is 16.2 Å². The van der Waals surface area contributed by atoms with Gasteiger partial charge < -0.3 is 5.11 Å². The number of fused-ring (bicyclic) bond motifs is 5. The minimum absolute atomic E-state index is 0.00565. The zero-order valence-corrected chi connectivity index (χ0v) is 15.2. The lowest BCUT2D eigenvalue weighted by Crippen LogP contribution is -2.54. The molecule has 4 saturated carbocycles. The smallest absolute Gasteiger partial charge is 0.0543 e. The molecule has 1 nitrogen and oxygen atoms in total. The summed E-state index contributed by atoms with van der Waals surface area (Å²) in [5.41, 5.74) is 1.67. The van der Waals surface area contributed by atoms with Crippen molar-refractivity contribution in [3.8, 4) is 0 Å². The number of aliphatic hydroxyl groups is 1. The van der Waals surface area contributed by atoms with Crippen molar-refractivity contribution in [2.45, 2.75) is 91.6 Å². The molecule has 0 saturated heterocycles. The van der Waals surface area contributed by atoms with Crippen LogP contribution >= 0.6 is 0 Å². The highest BCUT2D eigenvalue weighted by molar-refractivity contribution is 5.11. The summed E-state index contributed by atoms with van der Waals surface area (Å²) < 4.78 is 0. The number of hydrogen-bond acceptors (Lipinski definition) is 1. The fraction of sp³-hybridized carbons (Fsp3) is 1.00. The molecular formula is C21H36O. The summed E-state index contributed by atoms with van der Waals surface area (Å²) in [6, 6.07) is 0. The summed E-state index contributed by atoms with van der Waals surface area (Å²) in [6.45, 7) is 10.3. The summed E-state index contributed by atoms with van der Waals surface area (Å²) in [5, 5.41) is 10.1. The highest BCUT2D eigenvalue weighted by Gasteiger charge is 2.61. The first kappa shape index (κ1) is 15.5. The second-order valence-electron chi connectivity index (χ2n) is 10.5. The molecular weight excluding hydrogens is 268 g/mol. The standard InChI is InChI=1S/C21H36O/c1-19(2)10-8-18-16-6-5-14-13-15(22)7-11-20(14,3)17(16)9-12-21(18,19)4/h14-18,22H,5-13H2,1-4H3/t14-,15-,16+,17-,18-,20-,21-/m0/s1. The molecule has 0 unspecified atom stereocenters. The Kier molecular flexibility index (Phi) is 3.34. The molecule has 1 heteroatoms. The van der Waals surface area contributed by atoms with E-state index in [9.17, 15) is 5.11 Å². The Balaban J connectivity index is 1.64. The van der Waals surface area contributed by atoms with Gasteiger partial charge in [-0.15, -0.1) is 0 Å². The van der Waals surface area contributed by atoms with Crippen molar-refractivity contribution in [1.29, 1.82) is 0 Å². The summed E-state index contributed by atoms with van der Waals surface area (Å²) in [5.74, 6) is 3.71. The zero-order chi connectivity index (χ0) is 15.8. The van der Waals surface area contributed by atoms with Crippen molar-refractivity contribution < 1.29 is 5.11 Å². The van der Waals surface area contributed by atoms with E-state index in [2.05, 4.69) is 27.7 Å². The van der Waals surface area contributed by atoms with Gasteiger partial charge >= 0.3 is 0 Å². The number of aliphatic hydroxyl groups excluding tert-OH is 1. The lowest BCUT2D eigenvalue weighted by Gasteiger charge is -2.61. The van der Waals surface area contributed by atoms with Crippen molar-refractivity contribution >= 4 is 0 Å². The molecule has 0 radical (unpaired) electrons. The van der Waals surface area contributed by atoms with Gasteiger partial charge in [-0.1, -0.05) is 27.7 Å². The molecule has 0 aromatic heterocycles. The molecule has 0 spiro atoms.